The molecule has 5 heteroatoms. The van der Waals surface area contributed by atoms with Crippen molar-refractivity contribution < 1.29 is 14.7 Å². The average Bonchev–Trinajstić information content (AvgIpc) is 2.38. The maximum Gasteiger partial charge on any atom is 0.323 e. The predicted molar refractivity (Wildman–Crippen MR) is 71.4 cm³/mol. The summed E-state index contributed by atoms with van der Waals surface area (Å²) >= 11 is 0. The summed E-state index contributed by atoms with van der Waals surface area (Å²) in [6.07, 6.45) is 10.3. The smallest absolute Gasteiger partial charge is 0.323 e. The standard InChI is InChI=1S/C14H12N2O3/c1-3-8-16(10-13(17)18)14(19)15-12-7-5-6-11(4-2)9-12/h1-2,5-7,9H,8,10H2,(H,15,19)(H,17,18). The Morgan fingerprint density at radius 3 is 2.68 bits per heavy atom. The van der Waals surface area contributed by atoms with Crippen LogP contribution in [0.4, 0.5) is 10.5 Å². The van der Waals surface area contributed by atoms with Gasteiger partial charge < -0.3 is 15.3 Å². The molecule has 0 aromatic heterocycles. The first-order valence-electron chi connectivity index (χ1n) is 5.34. The van der Waals surface area contributed by atoms with Gasteiger partial charge in [-0.05, 0) is 18.2 Å². The van der Waals surface area contributed by atoms with Gasteiger partial charge >= 0.3 is 12.0 Å². The Hall–Kier alpha value is -2.92. The molecule has 0 radical (unpaired) electrons. The van der Waals surface area contributed by atoms with Crippen molar-refractivity contribution in [3.63, 3.8) is 0 Å². The molecule has 96 valence electrons. The molecule has 0 unspecified atom stereocenters. The van der Waals surface area contributed by atoms with Gasteiger partial charge in [0.25, 0.3) is 0 Å². The summed E-state index contributed by atoms with van der Waals surface area (Å²) in [6, 6.07) is 6.06. The molecule has 0 aliphatic heterocycles. The lowest BCUT2D eigenvalue weighted by atomic mass is 10.2. The Bertz CT molecular complexity index is 567. The average molecular weight is 256 g/mol. The third-order valence-electron chi connectivity index (χ3n) is 2.18. The zero-order chi connectivity index (χ0) is 14.3. The first kappa shape index (κ1) is 14.1. The molecule has 0 spiro atoms. The van der Waals surface area contributed by atoms with Gasteiger partial charge in [0, 0.05) is 11.3 Å². The van der Waals surface area contributed by atoms with Crippen LogP contribution >= 0.6 is 0 Å². The van der Waals surface area contributed by atoms with Crippen LogP contribution in [0, 0.1) is 24.7 Å². The first-order valence-corrected chi connectivity index (χ1v) is 5.34. The summed E-state index contributed by atoms with van der Waals surface area (Å²) in [7, 11) is 0. The third kappa shape index (κ3) is 4.45. The molecule has 0 aliphatic carbocycles. The number of terminal acetylenes is 2. The topological polar surface area (TPSA) is 69.6 Å². The minimum absolute atomic E-state index is 0.0903. The molecule has 1 rings (SSSR count). The fraction of sp³-hybridized carbons (Fsp3) is 0.143. The zero-order valence-corrected chi connectivity index (χ0v) is 10.1. The van der Waals surface area contributed by atoms with Crippen molar-refractivity contribution in [1.29, 1.82) is 0 Å². The van der Waals surface area contributed by atoms with Crippen LogP contribution in [0.1, 0.15) is 5.56 Å². The van der Waals surface area contributed by atoms with E-state index in [1.807, 2.05) is 0 Å². The van der Waals surface area contributed by atoms with Crippen molar-refractivity contribution in [2.24, 2.45) is 0 Å². The van der Waals surface area contributed by atoms with Crippen LogP contribution in [0.25, 0.3) is 0 Å². The number of hydrogen-bond donors (Lipinski definition) is 2. The highest BCUT2D eigenvalue weighted by atomic mass is 16.4. The fourth-order valence-electron chi connectivity index (χ4n) is 1.36. The van der Waals surface area contributed by atoms with E-state index in [1.54, 1.807) is 24.3 Å². The molecular weight excluding hydrogens is 244 g/mol. The summed E-state index contributed by atoms with van der Waals surface area (Å²) in [4.78, 5) is 23.5. The Labute approximate surface area is 111 Å². The van der Waals surface area contributed by atoms with Gasteiger partial charge in [-0.3, -0.25) is 4.79 Å². The second-order valence-electron chi connectivity index (χ2n) is 3.61. The maximum absolute atomic E-state index is 11.8. The van der Waals surface area contributed by atoms with Crippen LogP contribution in [0.5, 0.6) is 0 Å². The number of carboxylic acid groups (broad SMARTS) is 1. The van der Waals surface area contributed by atoms with E-state index >= 15 is 0 Å². The van der Waals surface area contributed by atoms with Crippen molar-refractivity contribution in [1.82, 2.24) is 4.90 Å². The molecule has 0 atom stereocenters. The number of carboxylic acids is 1. The van der Waals surface area contributed by atoms with Crippen LogP contribution in [0.15, 0.2) is 24.3 Å². The summed E-state index contributed by atoms with van der Waals surface area (Å²) in [5, 5.41) is 11.2. The first-order chi connectivity index (χ1) is 9.06. The van der Waals surface area contributed by atoms with Crippen molar-refractivity contribution >= 4 is 17.7 Å². The molecule has 5 nitrogen and oxygen atoms in total. The molecule has 0 fully saturated rings. The number of amides is 2. The van der Waals surface area contributed by atoms with Crippen LogP contribution < -0.4 is 5.32 Å². The van der Waals surface area contributed by atoms with E-state index in [0.29, 0.717) is 11.3 Å². The highest BCUT2D eigenvalue weighted by molar-refractivity contribution is 5.91. The molecule has 0 heterocycles. The Morgan fingerprint density at radius 1 is 1.37 bits per heavy atom. The Morgan fingerprint density at radius 2 is 2.11 bits per heavy atom. The molecule has 0 bridgehead atoms. The number of carbonyl (C=O) groups is 2. The number of aliphatic carboxylic acids is 1. The van der Waals surface area contributed by atoms with Crippen LogP contribution in [-0.2, 0) is 4.79 Å². The molecule has 0 saturated heterocycles. The second kappa shape index (κ2) is 6.73. The molecule has 0 aliphatic rings. The molecule has 2 amide bonds. The number of rotatable bonds is 4. The van der Waals surface area contributed by atoms with Gasteiger partial charge in [0.1, 0.15) is 6.54 Å². The molecule has 0 saturated carbocycles. The zero-order valence-electron chi connectivity index (χ0n) is 10.1. The van der Waals surface area contributed by atoms with Gasteiger partial charge in [-0.15, -0.1) is 12.8 Å². The molecule has 1 aromatic carbocycles. The summed E-state index contributed by atoms with van der Waals surface area (Å²) in [5.74, 6) is 3.53. The van der Waals surface area contributed by atoms with Gasteiger partial charge in [0.15, 0.2) is 0 Å². The quantitative estimate of drug-likeness (QED) is 0.796. The van der Waals surface area contributed by atoms with E-state index in [1.165, 1.54) is 0 Å². The lowest BCUT2D eigenvalue weighted by Crippen LogP contribution is -2.39. The maximum atomic E-state index is 11.8. The highest BCUT2D eigenvalue weighted by Gasteiger charge is 2.15. The second-order valence-corrected chi connectivity index (χ2v) is 3.61. The minimum atomic E-state index is -1.14. The van der Waals surface area contributed by atoms with Crippen molar-refractivity contribution in [2.75, 3.05) is 18.4 Å². The number of benzene rings is 1. The van der Waals surface area contributed by atoms with Crippen molar-refractivity contribution in [2.45, 2.75) is 0 Å². The molecular formula is C14H12N2O3. The number of nitrogens with one attached hydrogen (secondary N) is 1. The minimum Gasteiger partial charge on any atom is -0.480 e. The number of urea groups is 1. The van der Waals surface area contributed by atoms with E-state index < -0.39 is 18.5 Å². The van der Waals surface area contributed by atoms with E-state index in [-0.39, 0.29) is 6.54 Å². The lowest BCUT2D eigenvalue weighted by Gasteiger charge is -2.18. The number of nitrogens with zero attached hydrogens (tertiary/aromatic N) is 1. The Kier molecular flexibility index (Phi) is 5.01. The van der Waals surface area contributed by atoms with E-state index in [4.69, 9.17) is 18.0 Å². The number of anilines is 1. The molecule has 2 N–H and O–H groups in total. The third-order valence-corrected chi connectivity index (χ3v) is 2.18. The number of hydrogen-bond acceptors (Lipinski definition) is 2. The van der Waals surface area contributed by atoms with Crippen molar-refractivity contribution in [3.05, 3.63) is 29.8 Å². The normalized spacial score (nSPS) is 8.95. The molecule has 1 aromatic rings. The largest absolute Gasteiger partial charge is 0.480 e. The fourth-order valence-corrected chi connectivity index (χ4v) is 1.36. The Balaban J connectivity index is 2.78. The predicted octanol–water partition coefficient (Wildman–Crippen LogP) is 1.22. The van der Waals surface area contributed by atoms with Gasteiger partial charge in [0.2, 0.25) is 0 Å². The van der Waals surface area contributed by atoms with Crippen LogP contribution in [0.3, 0.4) is 0 Å². The van der Waals surface area contributed by atoms with E-state index in [0.717, 1.165) is 4.90 Å². The summed E-state index contributed by atoms with van der Waals surface area (Å²) in [6.45, 7) is -0.558. The monoisotopic (exact) mass is 256 g/mol. The van der Waals surface area contributed by atoms with Gasteiger partial charge in [-0.1, -0.05) is 17.9 Å². The SMILES string of the molecule is C#CCN(CC(=O)O)C(=O)Nc1cccc(C#C)c1. The lowest BCUT2D eigenvalue weighted by molar-refractivity contribution is -0.137. The van der Waals surface area contributed by atoms with E-state index in [9.17, 15) is 9.59 Å². The highest BCUT2D eigenvalue weighted by Crippen LogP contribution is 2.10. The number of carbonyl (C=O) groups excluding carboxylic acids is 1. The van der Waals surface area contributed by atoms with Crippen molar-refractivity contribution in [3.8, 4) is 24.7 Å². The van der Waals surface area contributed by atoms with Crippen LogP contribution in [0.2, 0.25) is 0 Å². The van der Waals surface area contributed by atoms with Crippen LogP contribution in [-0.4, -0.2) is 35.1 Å². The molecule has 19 heavy (non-hydrogen) atoms. The summed E-state index contributed by atoms with van der Waals surface area (Å²) < 4.78 is 0. The summed E-state index contributed by atoms with van der Waals surface area (Å²) in [5.41, 5.74) is 1.09. The van der Waals surface area contributed by atoms with Gasteiger partial charge in [0.05, 0.1) is 6.54 Å². The van der Waals surface area contributed by atoms with E-state index in [2.05, 4.69) is 17.2 Å². The van der Waals surface area contributed by atoms with Gasteiger partial charge in [-0.25, -0.2) is 4.79 Å². The van der Waals surface area contributed by atoms with Gasteiger partial charge in [-0.2, -0.15) is 0 Å².